The number of methoxy groups -OCH3 is 1. The van der Waals surface area contributed by atoms with Crippen LogP contribution in [0, 0.1) is 0 Å². The average Bonchev–Trinajstić information content (AvgIpc) is 3.53. The summed E-state index contributed by atoms with van der Waals surface area (Å²) in [6, 6.07) is 7.97. The molecule has 0 amide bonds. The van der Waals surface area contributed by atoms with Gasteiger partial charge < -0.3 is 29.2 Å². The van der Waals surface area contributed by atoms with Gasteiger partial charge in [0.25, 0.3) is 0 Å². The number of hydrogen-bond acceptors (Lipinski definition) is 7. The molecule has 1 aliphatic carbocycles. The maximum absolute atomic E-state index is 6.43. The minimum atomic E-state index is -0.108. The van der Waals surface area contributed by atoms with Crippen LogP contribution in [0.15, 0.2) is 41.7 Å². The van der Waals surface area contributed by atoms with Crippen LogP contribution in [0.3, 0.4) is 0 Å². The molecule has 1 unspecified atom stereocenters. The first-order valence-corrected chi connectivity index (χ1v) is 12.8. The second-order valence-electron chi connectivity index (χ2n) is 9.28. The average molecular weight is 509 g/mol. The number of ether oxygens (including phenoxy) is 4. The molecule has 3 aromatic rings. The van der Waals surface area contributed by atoms with Crippen molar-refractivity contribution < 1.29 is 18.9 Å². The topological polar surface area (TPSA) is 90.0 Å². The third-order valence-electron chi connectivity index (χ3n) is 7.11. The molecule has 3 aliphatic rings. The molecule has 3 atom stereocenters. The number of fused-ring (bicyclic) bond motifs is 3. The summed E-state index contributed by atoms with van der Waals surface area (Å²) in [4.78, 5) is 13.0. The fourth-order valence-electron chi connectivity index (χ4n) is 5.38. The number of nitrogens with one attached hydrogen (secondary N) is 2. The second kappa shape index (κ2) is 10.1. The van der Waals surface area contributed by atoms with Crippen molar-refractivity contribution in [1.82, 2.24) is 9.97 Å². The lowest BCUT2D eigenvalue weighted by Gasteiger charge is -2.23. The summed E-state index contributed by atoms with van der Waals surface area (Å²) >= 11 is 6.43. The summed E-state index contributed by atoms with van der Waals surface area (Å²) in [6.45, 7) is 2.10. The highest BCUT2D eigenvalue weighted by molar-refractivity contribution is 6.32. The van der Waals surface area contributed by atoms with Crippen molar-refractivity contribution in [1.29, 1.82) is 0 Å². The van der Waals surface area contributed by atoms with E-state index in [1.807, 2.05) is 30.5 Å². The highest BCUT2D eigenvalue weighted by Crippen LogP contribution is 2.47. The number of H-pyrrole nitrogens is 1. The molecule has 0 radical (unpaired) electrons. The zero-order valence-corrected chi connectivity index (χ0v) is 20.9. The minimum absolute atomic E-state index is 0.108. The summed E-state index contributed by atoms with van der Waals surface area (Å²) in [5.41, 5.74) is 5.77. The molecule has 0 spiro atoms. The van der Waals surface area contributed by atoms with Gasteiger partial charge in [-0.15, -0.1) is 0 Å². The fourth-order valence-corrected chi connectivity index (χ4v) is 5.64. The van der Waals surface area contributed by atoms with Crippen LogP contribution in [-0.2, 0) is 9.47 Å². The molecular weight excluding hydrogens is 480 g/mol. The van der Waals surface area contributed by atoms with Gasteiger partial charge in [0.05, 0.1) is 61.3 Å². The third kappa shape index (κ3) is 4.34. The van der Waals surface area contributed by atoms with Crippen LogP contribution in [0.25, 0.3) is 11.3 Å². The number of nitrogens with zero attached hydrogens (tertiary/aromatic N) is 2. The van der Waals surface area contributed by atoms with Crippen molar-refractivity contribution in [2.45, 2.75) is 37.3 Å². The van der Waals surface area contributed by atoms with E-state index in [2.05, 4.69) is 15.3 Å². The Hall–Kier alpha value is -3.07. The quantitative estimate of drug-likeness (QED) is 0.447. The first kappa shape index (κ1) is 23.3. The monoisotopic (exact) mass is 508 g/mol. The Bertz CT molecular complexity index is 1270. The molecule has 0 bridgehead atoms. The molecule has 188 valence electrons. The highest BCUT2D eigenvalue weighted by atomic mass is 35.5. The van der Waals surface area contributed by atoms with E-state index < -0.39 is 0 Å². The summed E-state index contributed by atoms with van der Waals surface area (Å²) in [7, 11) is 1.62. The molecular formula is C27H29ClN4O4. The van der Waals surface area contributed by atoms with Crippen LogP contribution >= 0.6 is 11.6 Å². The van der Waals surface area contributed by atoms with Crippen LogP contribution in [0.5, 0.6) is 11.5 Å². The van der Waals surface area contributed by atoms with Crippen LogP contribution in [0.2, 0.25) is 5.02 Å². The van der Waals surface area contributed by atoms with Gasteiger partial charge in [-0.1, -0.05) is 24.1 Å². The normalized spacial score (nSPS) is 22.7. The van der Waals surface area contributed by atoms with Crippen molar-refractivity contribution >= 4 is 29.2 Å². The van der Waals surface area contributed by atoms with Crippen LogP contribution in [-0.4, -0.2) is 61.9 Å². The number of pyridine rings is 1. The van der Waals surface area contributed by atoms with Crippen LogP contribution < -0.4 is 14.8 Å². The van der Waals surface area contributed by atoms with E-state index in [-0.39, 0.29) is 6.10 Å². The maximum Gasteiger partial charge on any atom is 0.160 e. The number of hydrogen-bond donors (Lipinski definition) is 2. The number of anilines is 2. The van der Waals surface area contributed by atoms with Gasteiger partial charge >= 0.3 is 0 Å². The SMILES string of the molecule is COc1c(Cl)cccc1Nc1c(-c2ccncc2OCC2COCCO2)[nH]c2c1C=N[C@@H]1CCC[C@H]21. The van der Waals surface area contributed by atoms with E-state index >= 15 is 0 Å². The number of rotatable bonds is 7. The van der Waals surface area contributed by atoms with Gasteiger partial charge in [-0.3, -0.25) is 9.98 Å². The third-order valence-corrected chi connectivity index (χ3v) is 7.41. The van der Waals surface area contributed by atoms with E-state index in [0.717, 1.165) is 41.0 Å². The fraction of sp³-hybridized carbons (Fsp3) is 0.407. The summed E-state index contributed by atoms with van der Waals surface area (Å²) in [5.74, 6) is 1.64. The molecule has 1 aromatic carbocycles. The summed E-state index contributed by atoms with van der Waals surface area (Å²) < 4.78 is 23.1. The summed E-state index contributed by atoms with van der Waals surface area (Å²) in [6.07, 6.45) is 8.83. The Morgan fingerprint density at radius 1 is 1.22 bits per heavy atom. The first-order valence-electron chi connectivity index (χ1n) is 12.4. The lowest BCUT2D eigenvalue weighted by atomic mass is 9.94. The molecule has 9 heteroatoms. The molecule has 2 N–H and O–H groups in total. The first-order chi connectivity index (χ1) is 17.7. The minimum Gasteiger partial charge on any atom is -0.493 e. The van der Waals surface area contributed by atoms with Crippen molar-refractivity contribution in [3.05, 3.63) is 52.9 Å². The molecule has 2 fully saturated rings. The smallest absolute Gasteiger partial charge is 0.160 e. The van der Waals surface area contributed by atoms with Gasteiger partial charge in [-0.25, -0.2) is 0 Å². The zero-order chi connectivity index (χ0) is 24.5. The molecule has 6 rings (SSSR count). The molecule has 8 nitrogen and oxygen atoms in total. The Labute approximate surface area is 215 Å². The van der Waals surface area contributed by atoms with E-state index in [9.17, 15) is 0 Å². The van der Waals surface area contributed by atoms with E-state index in [4.69, 9.17) is 35.5 Å². The van der Waals surface area contributed by atoms with Gasteiger partial charge in [0.1, 0.15) is 18.5 Å². The lowest BCUT2D eigenvalue weighted by molar-refractivity contribution is -0.101. The Kier molecular flexibility index (Phi) is 6.56. The number of halogens is 1. The van der Waals surface area contributed by atoms with Gasteiger partial charge in [0, 0.05) is 35.2 Å². The number of benzene rings is 1. The van der Waals surface area contributed by atoms with Crippen LogP contribution in [0.4, 0.5) is 11.4 Å². The largest absolute Gasteiger partial charge is 0.493 e. The lowest BCUT2D eigenvalue weighted by Crippen LogP contribution is -2.33. The molecule has 2 aromatic heterocycles. The number of aromatic nitrogens is 2. The van der Waals surface area contributed by atoms with Crippen LogP contribution in [0.1, 0.15) is 36.4 Å². The van der Waals surface area contributed by atoms with E-state index in [0.29, 0.717) is 54.9 Å². The zero-order valence-electron chi connectivity index (χ0n) is 20.1. The molecule has 4 heterocycles. The van der Waals surface area contributed by atoms with Gasteiger partial charge in [-0.2, -0.15) is 0 Å². The molecule has 2 aliphatic heterocycles. The van der Waals surface area contributed by atoms with E-state index in [1.165, 1.54) is 12.1 Å². The van der Waals surface area contributed by atoms with Crippen molar-refractivity contribution in [3.63, 3.8) is 0 Å². The van der Waals surface area contributed by atoms with Crippen molar-refractivity contribution in [2.24, 2.45) is 4.99 Å². The van der Waals surface area contributed by atoms with Crippen molar-refractivity contribution in [3.8, 4) is 22.8 Å². The van der Waals surface area contributed by atoms with Gasteiger partial charge in [0.2, 0.25) is 0 Å². The number of para-hydroxylation sites is 1. The standard InChI is InChI=1S/C27H29ClN4O4/c1-33-27-20(28)5-3-7-22(27)31-26-19-12-30-21-6-2-4-17(21)24(19)32-25(26)18-8-9-29-13-23(18)36-15-16-14-34-10-11-35-16/h3,5,7-9,12-13,16-17,21,31-32H,2,4,6,10-11,14-15H2,1H3/t16?,17-,21+/m0/s1. The van der Waals surface area contributed by atoms with Gasteiger partial charge in [0.15, 0.2) is 5.75 Å². The second-order valence-corrected chi connectivity index (χ2v) is 9.69. The summed E-state index contributed by atoms with van der Waals surface area (Å²) in [5, 5.41) is 4.14. The predicted octanol–water partition coefficient (Wildman–Crippen LogP) is 5.35. The van der Waals surface area contributed by atoms with E-state index in [1.54, 1.807) is 19.5 Å². The molecule has 1 saturated heterocycles. The Morgan fingerprint density at radius 3 is 3.03 bits per heavy atom. The van der Waals surface area contributed by atoms with Gasteiger partial charge in [-0.05, 0) is 31.0 Å². The molecule has 1 saturated carbocycles. The predicted molar refractivity (Wildman–Crippen MR) is 139 cm³/mol. The number of aromatic amines is 1. The Morgan fingerprint density at radius 2 is 2.17 bits per heavy atom. The number of aliphatic imine (C=N–C) groups is 1. The molecule has 36 heavy (non-hydrogen) atoms. The maximum atomic E-state index is 6.43. The Balaban J connectivity index is 1.42. The highest BCUT2D eigenvalue weighted by Gasteiger charge is 2.36. The van der Waals surface area contributed by atoms with Crippen molar-refractivity contribution in [2.75, 3.05) is 38.9 Å².